The summed E-state index contributed by atoms with van der Waals surface area (Å²) >= 11 is 0. The Morgan fingerprint density at radius 2 is 2.12 bits per heavy atom. The normalized spacial score (nSPS) is 20.8. The van der Waals surface area contributed by atoms with Gasteiger partial charge in [-0.05, 0) is 24.6 Å². The third-order valence-electron chi connectivity index (χ3n) is 4.58. The summed E-state index contributed by atoms with van der Waals surface area (Å²) < 4.78 is 19.8. The fourth-order valence-electron chi connectivity index (χ4n) is 3.22. The van der Waals surface area contributed by atoms with Crippen molar-refractivity contribution in [3.63, 3.8) is 0 Å². The van der Waals surface area contributed by atoms with Crippen molar-refractivity contribution < 1.29 is 23.5 Å². The number of carbonyl (C=O) groups excluding carboxylic acids is 3. The molecule has 1 atom stereocenters. The second kappa shape index (κ2) is 7.72. The standard InChI is InChI=1S/C18H22FN3O4/c1-12(23)20-10-15-11-22(18(25)26-15)13-4-5-17(16(19)9-13)21-7-2-3-14(24)6-8-21/h4-5,9,15H,2-3,6-8,10-11H2,1H3,(H,20,23)/t15-/m0/s1. The van der Waals surface area contributed by atoms with E-state index < -0.39 is 18.0 Å². The minimum Gasteiger partial charge on any atom is -0.442 e. The number of hydrogen-bond donors (Lipinski definition) is 1. The lowest BCUT2D eigenvalue weighted by molar-refractivity contribution is -0.119. The quantitative estimate of drug-likeness (QED) is 0.883. The summed E-state index contributed by atoms with van der Waals surface area (Å²) in [5.74, 6) is -0.435. The Hall–Kier alpha value is -2.64. The number of anilines is 2. The predicted molar refractivity (Wildman–Crippen MR) is 93.8 cm³/mol. The van der Waals surface area contributed by atoms with E-state index in [4.69, 9.17) is 4.74 Å². The molecule has 0 unspecified atom stereocenters. The van der Waals surface area contributed by atoms with Crippen molar-refractivity contribution in [3.8, 4) is 0 Å². The van der Waals surface area contributed by atoms with Crippen LogP contribution < -0.4 is 15.1 Å². The highest BCUT2D eigenvalue weighted by Crippen LogP contribution is 2.29. The van der Waals surface area contributed by atoms with Gasteiger partial charge in [0.15, 0.2) is 0 Å². The molecule has 2 aliphatic heterocycles. The van der Waals surface area contributed by atoms with Crippen LogP contribution in [0.5, 0.6) is 0 Å². The number of amides is 2. The first-order valence-corrected chi connectivity index (χ1v) is 8.73. The summed E-state index contributed by atoms with van der Waals surface area (Å²) in [7, 11) is 0. The molecule has 2 fully saturated rings. The van der Waals surface area contributed by atoms with Crippen molar-refractivity contribution >= 4 is 29.2 Å². The number of hydrogen-bond acceptors (Lipinski definition) is 5. The summed E-state index contributed by atoms with van der Waals surface area (Å²) in [5.41, 5.74) is 0.846. The van der Waals surface area contributed by atoms with Crippen molar-refractivity contribution in [2.75, 3.05) is 36.0 Å². The van der Waals surface area contributed by atoms with E-state index in [9.17, 15) is 18.8 Å². The fraction of sp³-hybridized carbons (Fsp3) is 0.500. The van der Waals surface area contributed by atoms with Crippen LogP contribution in [0, 0.1) is 5.82 Å². The highest BCUT2D eigenvalue weighted by atomic mass is 19.1. The Labute approximate surface area is 151 Å². The minimum atomic E-state index is -0.562. The van der Waals surface area contributed by atoms with E-state index in [0.29, 0.717) is 43.7 Å². The SMILES string of the molecule is CC(=O)NC[C@H]1CN(c2ccc(N3CCCC(=O)CC3)c(F)c2)C(=O)O1. The van der Waals surface area contributed by atoms with Gasteiger partial charge < -0.3 is 15.0 Å². The Kier molecular flexibility index (Phi) is 5.39. The van der Waals surface area contributed by atoms with Crippen molar-refractivity contribution in [2.24, 2.45) is 0 Å². The van der Waals surface area contributed by atoms with E-state index in [-0.39, 0.29) is 24.8 Å². The molecule has 0 radical (unpaired) electrons. The highest BCUT2D eigenvalue weighted by molar-refractivity contribution is 5.90. The van der Waals surface area contributed by atoms with E-state index in [0.717, 1.165) is 0 Å². The van der Waals surface area contributed by atoms with Crippen LogP contribution in [-0.2, 0) is 14.3 Å². The molecular weight excluding hydrogens is 341 g/mol. The van der Waals surface area contributed by atoms with Crippen molar-refractivity contribution in [1.29, 1.82) is 0 Å². The molecule has 1 N–H and O–H groups in total. The number of Topliss-reactive ketones (excluding diaryl/α,β-unsaturated/α-hetero) is 1. The number of nitrogens with zero attached hydrogens (tertiary/aromatic N) is 2. The lowest BCUT2D eigenvalue weighted by Crippen LogP contribution is -2.33. The fourth-order valence-corrected chi connectivity index (χ4v) is 3.22. The van der Waals surface area contributed by atoms with Gasteiger partial charge in [-0.1, -0.05) is 0 Å². The Morgan fingerprint density at radius 3 is 2.85 bits per heavy atom. The Balaban J connectivity index is 1.70. The molecule has 8 heteroatoms. The zero-order chi connectivity index (χ0) is 18.7. The molecule has 1 aromatic carbocycles. The van der Waals surface area contributed by atoms with Gasteiger partial charge in [-0.3, -0.25) is 14.5 Å². The van der Waals surface area contributed by atoms with Gasteiger partial charge in [0.1, 0.15) is 17.7 Å². The van der Waals surface area contributed by atoms with Crippen molar-refractivity contribution in [3.05, 3.63) is 24.0 Å². The summed E-state index contributed by atoms with van der Waals surface area (Å²) in [6.07, 6.45) is 0.637. The molecule has 0 aromatic heterocycles. The maximum atomic E-state index is 14.6. The highest BCUT2D eigenvalue weighted by Gasteiger charge is 2.33. The number of benzene rings is 1. The molecule has 1 aromatic rings. The van der Waals surface area contributed by atoms with E-state index in [1.54, 1.807) is 12.1 Å². The van der Waals surface area contributed by atoms with Crippen LogP contribution in [0.15, 0.2) is 18.2 Å². The lowest BCUT2D eigenvalue weighted by Gasteiger charge is -2.24. The predicted octanol–water partition coefficient (Wildman–Crippen LogP) is 1.85. The molecule has 2 aliphatic rings. The lowest BCUT2D eigenvalue weighted by atomic mass is 10.2. The van der Waals surface area contributed by atoms with E-state index in [1.165, 1.54) is 17.9 Å². The molecule has 0 aliphatic carbocycles. The summed E-state index contributed by atoms with van der Waals surface area (Å²) in [6, 6.07) is 4.62. The van der Waals surface area contributed by atoms with Gasteiger partial charge in [-0.2, -0.15) is 0 Å². The van der Waals surface area contributed by atoms with E-state index in [1.807, 2.05) is 4.90 Å². The first-order valence-electron chi connectivity index (χ1n) is 8.73. The number of ether oxygens (including phenoxy) is 1. The van der Waals surface area contributed by atoms with Gasteiger partial charge >= 0.3 is 6.09 Å². The zero-order valence-electron chi connectivity index (χ0n) is 14.7. The second-order valence-corrected chi connectivity index (χ2v) is 6.57. The van der Waals surface area contributed by atoms with Crippen LogP contribution in [0.4, 0.5) is 20.6 Å². The van der Waals surface area contributed by atoms with E-state index >= 15 is 0 Å². The average molecular weight is 363 g/mol. The molecule has 2 amide bonds. The van der Waals surface area contributed by atoms with E-state index in [2.05, 4.69) is 5.32 Å². The van der Waals surface area contributed by atoms with Crippen LogP contribution >= 0.6 is 0 Å². The number of rotatable bonds is 4. The average Bonchev–Trinajstić information content (AvgIpc) is 2.83. The summed E-state index contributed by atoms with van der Waals surface area (Å²) in [5, 5.41) is 2.60. The van der Waals surface area contributed by atoms with Crippen LogP contribution in [0.25, 0.3) is 0 Å². The van der Waals surface area contributed by atoms with Crippen LogP contribution in [0.1, 0.15) is 26.2 Å². The zero-order valence-corrected chi connectivity index (χ0v) is 14.7. The number of cyclic esters (lactones) is 1. The third kappa shape index (κ3) is 4.12. The number of nitrogens with one attached hydrogen (secondary N) is 1. The molecule has 3 rings (SSSR count). The first-order chi connectivity index (χ1) is 12.4. The van der Waals surface area contributed by atoms with Gasteiger partial charge in [0, 0.05) is 32.9 Å². The monoisotopic (exact) mass is 363 g/mol. The number of ketones is 1. The number of halogens is 1. The van der Waals surface area contributed by atoms with Gasteiger partial charge in [-0.25, -0.2) is 9.18 Å². The second-order valence-electron chi connectivity index (χ2n) is 6.57. The van der Waals surface area contributed by atoms with Crippen molar-refractivity contribution in [1.82, 2.24) is 5.32 Å². The largest absolute Gasteiger partial charge is 0.442 e. The Bertz CT molecular complexity index is 724. The van der Waals surface area contributed by atoms with Gasteiger partial charge in [-0.15, -0.1) is 0 Å². The molecule has 2 heterocycles. The summed E-state index contributed by atoms with van der Waals surface area (Å²) in [6.45, 7) is 2.99. The first kappa shape index (κ1) is 18.2. The molecular formula is C18H22FN3O4. The van der Waals surface area contributed by atoms with Crippen LogP contribution in [0.2, 0.25) is 0 Å². The molecule has 0 saturated carbocycles. The van der Waals surface area contributed by atoms with Crippen LogP contribution in [0.3, 0.4) is 0 Å². The number of carbonyl (C=O) groups is 3. The maximum Gasteiger partial charge on any atom is 0.414 e. The molecule has 0 bridgehead atoms. The summed E-state index contributed by atoms with van der Waals surface area (Å²) in [4.78, 5) is 37.8. The maximum absolute atomic E-state index is 14.6. The molecule has 26 heavy (non-hydrogen) atoms. The molecule has 2 saturated heterocycles. The van der Waals surface area contributed by atoms with Gasteiger partial charge in [0.25, 0.3) is 0 Å². The van der Waals surface area contributed by atoms with Gasteiger partial charge in [0.05, 0.1) is 24.5 Å². The van der Waals surface area contributed by atoms with Gasteiger partial charge in [0.2, 0.25) is 5.91 Å². The Morgan fingerprint density at radius 1 is 1.31 bits per heavy atom. The third-order valence-corrected chi connectivity index (χ3v) is 4.58. The molecule has 140 valence electrons. The minimum absolute atomic E-state index is 0.203. The molecule has 7 nitrogen and oxygen atoms in total. The van der Waals surface area contributed by atoms with Crippen molar-refractivity contribution in [2.45, 2.75) is 32.3 Å². The van der Waals surface area contributed by atoms with Crippen LogP contribution in [-0.4, -0.2) is 50.1 Å². The topological polar surface area (TPSA) is 79.0 Å². The smallest absolute Gasteiger partial charge is 0.414 e. The molecule has 0 spiro atoms.